The van der Waals surface area contributed by atoms with Gasteiger partial charge in [0.25, 0.3) is 0 Å². The largest absolute Gasteiger partial charge is 0.465 e. The lowest BCUT2D eigenvalue weighted by Gasteiger charge is -2.31. The summed E-state index contributed by atoms with van der Waals surface area (Å²) in [6.45, 7) is 1.94. The van der Waals surface area contributed by atoms with E-state index in [0.717, 1.165) is 12.1 Å². The van der Waals surface area contributed by atoms with Crippen molar-refractivity contribution in [3.8, 4) is 0 Å². The van der Waals surface area contributed by atoms with Gasteiger partial charge in [-0.15, -0.1) is 0 Å². The monoisotopic (exact) mass is 434 g/mol. The number of methoxy groups -OCH3 is 1. The molecule has 0 N–H and O–H groups in total. The Morgan fingerprint density at radius 1 is 1.22 bits per heavy atom. The van der Waals surface area contributed by atoms with E-state index in [1.54, 1.807) is 30.0 Å². The van der Waals surface area contributed by atoms with Crippen LogP contribution in [0.2, 0.25) is 0 Å². The van der Waals surface area contributed by atoms with E-state index in [4.69, 9.17) is 18.9 Å². The molecule has 164 valence electrons. The Morgan fingerprint density at radius 2 is 2.09 bits per heavy atom. The van der Waals surface area contributed by atoms with Crippen LogP contribution in [-0.2, 0) is 18.9 Å². The van der Waals surface area contributed by atoms with E-state index >= 15 is 0 Å². The fraction of sp³-hybridized carbons (Fsp3) is 0.208. The smallest absolute Gasteiger partial charge is 0.341 e. The molecule has 0 spiro atoms. The van der Waals surface area contributed by atoms with Gasteiger partial charge in [0.05, 0.1) is 30.5 Å². The van der Waals surface area contributed by atoms with Crippen molar-refractivity contribution in [1.29, 1.82) is 0 Å². The third kappa shape index (κ3) is 4.07. The number of anilines is 1. The predicted octanol–water partition coefficient (Wildman–Crippen LogP) is 4.56. The van der Waals surface area contributed by atoms with Crippen LogP contribution in [0, 0.1) is 0 Å². The lowest BCUT2D eigenvalue weighted by Crippen LogP contribution is -2.27. The molecule has 1 aromatic heterocycles. The van der Waals surface area contributed by atoms with Crippen LogP contribution < -0.4 is 4.90 Å². The van der Waals surface area contributed by atoms with Gasteiger partial charge in [-0.1, -0.05) is 12.2 Å². The van der Waals surface area contributed by atoms with E-state index in [1.807, 2.05) is 12.2 Å². The SMILES string of the molecule is CCOC(=O)c1cnc2ccc(C(=O)OC)cc2c1N(C1=CC=CCC1)C1=COC=CO1. The standard InChI is InChI=1S/C24H22N2O6/c1-3-31-24(28)19-14-25-20-10-9-16(23(27)29-2)13-18(20)22(19)26(17-7-5-4-6-8-17)21-15-30-11-12-32-21/h4-5,7,9-15H,3,6,8H2,1-2H3. The second-order valence-corrected chi connectivity index (χ2v) is 6.91. The van der Waals surface area contributed by atoms with Gasteiger partial charge in [0.15, 0.2) is 6.26 Å². The summed E-state index contributed by atoms with van der Waals surface area (Å²) in [7, 11) is 1.32. The lowest BCUT2D eigenvalue weighted by molar-refractivity contribution is 0.0526. The van der Waals surface area contributed by atoms with Crippen LogP contribution in [0.4, 0.5) is 5.69 Å². The minimum absolute atomic E-state index is 0.203. The number of fused-ring (bicyclic) bond motifs is 1. The van der Waals surface area contributed by atoms with Crippen molar-refractivity contribution < 1.29 is 28.5 Å². The van der Waals surface area contributed by atoms with Gasteiger partial charge in [0.2, 0.25) is 5.88 Å². The number of benzene rings is 1. The highest BCUT2D eigenvalue weighted by atomic mass is 16.5. The summed E-state index contributed by atoms with van der Waals surface area (Å²) in [4.78, 5) is 31.4. The zero-order chi connectivity index (χ0) is 22.5. The van der Waals surface area contributed by atoms with Gasteiger partial charge < -0.3 is 18.9 Å². The zero-order valence-electron chi connectivity index (χ0n) is 17.7. The number of nitrogens with zero attached hydrogens (tertiary/aromatic N) is 2. The molecule has 1 aliphatic carbocycles. The number of ether oxygens (including phenoxy) is 4. The first-order valence-corrected chi connectivity index (χ1v) is 10.2. The number of carbonyl (C=O) groups excluding carboxylic acids is 2. The van der Waals surface area contributed by atoms with Crippen LogP contribution in [0.1, 0.15) is 40.5 Å². The fourth-order valence-electron chi connectivity index (χ4n) is 3.55. The Balaban J connectivity index is 2.02. The summed E-state index contributed by atoms with van der Waals surface area (Å²) in [6, 6.07) is 4.99. The lowest BCUT2D eigenvalue weighted by atomic mass is 10.0. The van der Waals surface area contributed by atoms with E-state index in [1.165, 1.54) is 32.1 Å². The highest BCUT2D eigenvalue weighted by Crippen LogP contribution is 2.38. The Morgan fingerprint density at radius 3 is 2.78 bits per heavy atom. The summed E-state index contributed by atoms with van der Waals surface area (Å²) in [5.74, 6) is -0.675. The molecule has 0 saturated carbocycles. The molecule has 0 fully saturated rings. The van der Waals surface area contributed by atoms with Gasteiger partial charge in [0.1, 0.15) is 18.1 Å². The average Bonchev–Trinajstić information content (AvgIpc) is 2.85. The van der Waals surface area contributed by atoms with Crippen LogP contribution >= 0.6 is 0 Å². The highest BCUT2D eigenvalue weighted by molar-refractivity contribution is 6.08. The number of esters is 2. The summed E-state index contributed by atoms with van der Waals surface area (Å²) in [5.41, 5.74) is 2.50. The van der Waals surface area contributed by atoms with Crippen LogP contribution in [-0.4, -0.2) is 30.6 Å². The molecule has 2 heterocycles. The second-order valence-electron chi connectivity index (χ2n) is 6.91. The van der Waals surface area contributed by atoms with Crippen molar-refractivity contribution in [3.05, 3.63) is 84.1 Å². The third-order valence-corrected chi connectivity index (χ3v) is 4.97. The number of rotatable bonds is 6. The first-order chi connectivity index (χ1) is 15.6. The van der Waals surface area contributed by atoms with Gasteiger partial charge >= 0.3 is 11.9 Å². The molecule has 2 aliphatic rings. The highest BCUT2D eigenvalue weighted by Gasteiger charge is 2.29. The van der Waals surface area contributed by atoms with E-state index in [9.17, 15) is 9.59 Å². The van der Waals surface area contributed by atoms with E-state index < -0.39 is 11.9 Å². The molecule has 0 unspecified atom stereocenters. The Kier molecular flexibility index (Phi) is 6.21. The van der Waals surface area contributed by atoms with Crippen molar-refractivity contribution in [2.45, 2.75) is 19.8 Å². The molecule has 0 amide bonds. The van der Waals surface area contributed by atoms with Crippen molar-refractivity contribution in [2.24, 2.45) is 0 Å². The summed E-state index contributed by atoms with van der Waals surface area (Å²) in [6.07, 6.45) is 13.2. The minimum atomic E-state index is -0.537. The van der Waals surface area contributed by atoms with Crippen LogP contribution in [0.25, 0.3) is 10.9 Å². The minimum Gasteiger partial charge on any atom is -0.465 e. The molecule has 0 radical (unpaired) electrons. The summed E-state index contributed by atoms with van der Waals surface area (Å²) in [5, 5.41) is 0.563. The van der Waals surface area contributed by atoms with Crippen LogP contribution in [0.15, 0.2) is 73.0 Å². The van der Waals surface area contributed by atoms with Gasteiger partial charge in [-0.3, -0.25) is 9.88 Å². The maximum atomic E-state index is 12.9. The molecule has 0 bridgehead atoms. The Hall–Kier alpha value is -4.07. The normalized spacial score (nSPS) is 14.7. The number of allylic oxidation sites excluding steroid dienone is 4. The summed E-state index contributed by atoms with van der Waals surface area (Å²) >= 11 is 0. The molecule has 8 heteroatoms. The van der Waals surface area contributed by atoms with Gasteiger partial charge in [-0.2, -0.15) is 0 Å². The molecule has 1 aromatic carbocycles. The number of hydrogen-bond donors (Lipinski definition) is 0. The average molecular weight is 434 g/mol. The van der Waals surface area contributed by atoms with E-state index in [-0.39, 0.29) is 12.2 Å². The second kappa shape index (κ2) is 9.38. The number of pyridine rings is 1. The molecule has 0 saturated heterocycles. The zero-order valence-corrected chi connectivity index (χ0v) is 17.7. The maximum Gasteiger partial charge on any atom is 0.341 e. The van der Waals surface area contributed by atoms with Crippen molar-refractivity contribution in [2.75, 3.05) is 18.6 Å². The first-order valence-electron chi connectivity index (χ1n) is 10.2. The first kappa shape index (κ1) is 21.2. The number of hydrogen-bond acceptors (Lipinski definition) is 8. The molecular formula is C24H22N2O6. The maximum absolute atomic E-state index is 12.9. The molecule has 1 aliphatic heterocycles. The predicted molar refractivity (Wildman–Crippen MR) is 117 cm³/mol. The molecule has 4 rings (SSSR count). The molecular weight excluding hydrogens is 412 g/mol. The number of carbonyl (C=O) groups is 2. The molecule has 8 nitrogen and oxygen atoms in total. The van der Waals surface area contributed by atoms with Crippen molar-refractivity contribution >= 4 is 28.5 Å². The molecule has 2 aromatic rings. The Bertz CT molecular complexity index is 1180. The third-order valence-electron chi connectivity index (χ3n) is 4.97. The molecule has 0 atom stereocenters. The van der Waals surface area contributed by atoms with Crippen molar-refractivity contribution in [3.63, 3.8) is 0 Å². The topological polar surface area (TPSA) is 87.2 Å². The Labute approximate surface area is 185 Å². The van der Waals surface area contributed by atoms with Crippen molar-refractivity contribution in [1.82, 2.24) is 4.98 Å². The fourth-order valence-corrected chi connectivity index (χ4v) is 3.55. The number of aromatic nitrogens is 1. The van der Waals surface area contributed by atoms with Crippen LogP contribution in [0.3, 0.4) is 0 Å². The van der Waals surface area contributed by atoms with Gasteiger partial charge in [-0.05, 0) is 44.0 Å². The molecule has 32 heavy (non-hydrogen) atoms. The van der Waals surface area contributed by atoms with E-state index in [0.29, 0.717) is 34.5 Å². The van der Waals surface area contributed by atoms with Gasteiger partial charge in [-0.25, -0.2) is 9.59 Å². The van der Waals surface area contributed by atoms with Crippen LogP contribution in [0.5, 0.6) is 0 Å². The quantitative estimate of drug-likeness (QED) is 0.612. The van der Waals surface area contributed by atoms with Gasteiger partial charge in [0, 0.05) is 17.3 Å². The summed E-state index contributed by atoms with van der Waals surface area (Å²) < 4.78 is 21.3. The van der Waals surface area contributed by atoms with E-state index in [2.05, 4.69) is 11.1 Å².